The number of aryl methyl sites for hydroxylation is 1. The van der Waals surface area contributed by atoms with Crippen LogP contribution in [0.15, 0.2) is 18.2 Å². The van der Waals surface area contributed by atoms with E-state index in [1.165, 1.54) is 5.56 Å². The molecule has 0 aliphatic carbocycles. The minimum atomic E-state index is -0.0142. The lowest BCUT2D eigenvalue weighted by molar-refractivity contribution is 0.378. The first kappa shape index (κ1) is 13.6. The molecule has 0 fully saturated rings. The Balaban J connectivity index is 2.52. The van der Waals surface area contributed by atoms with Crippen molar-refractivity contribution >= 4 is 11.0 Å². The Hall–Kier alpha value is -1.86. The predicted molar refractivity (Wildman–Crippen MR) is 76.6 cm³/mol. The molecule has 0 aliphatic rings. The van der Waals surface area contributed by atoms with Gasteiger partial charge in [-0.25, -0.2) is 4.98 Å². The highest BCUT2D eigenvalue weighted by Crippen LogP contribution is 2.20. The average Bonchev–Trinajstić information content (AvgIpc) is 2.65. The maximum atomic E-state index is 9.03. The standard InChI is InChI=1S/C15H20N4/c1-11-5-6-14-13(7-11)17-15(10-18(3)4)19(14)9-12(2)8-16/h5-7,12H,9-10H2,1-4H3. The van der Waals surface area contributed by atoms with Gasteiger partial charge >= 0.3 is 0 Å². The molecule has 0 aliphatic heterocycles. The second kappa shape index (κ2) is 5.41. The second-order valence-corrected chi connectivity index (χ2v) is 5.40. The summed E-state index contributed by atoms with van der Waals surface area (Å²) in [4.78, 5) is 6.81. The van der Waals surface area contributed by atoms with Gasteiger partial charge in [0.25, 0.3) is 0 Å². The number of hydrogen-bond donors (Lipinski definition) is 0. The van der Waals surface area contributed by atoms with Crippen LogP contribution in [0.3, 0.4) is 0 Å². The minimum absolute atomic E-state index is 0.0142. The first-order valence-corrected chi connectivity index (χ1v) is 6.51. The minimum Gasteiger partial charge on any atom is -0.326 e. The molecule has 0 N–H and O–H groups in total. The molecule has 4 heteroatoms. The van der Waals surface area contributed by atoms with Gasteiger partial charge in [0.1, 0.15) is 5.82 Å². The van der Waals surface area contributed by atoms with Gasteiger partial charge in [-0.15, -0.1) is 0 Å². The highest BCUT2D eigenvalue weighted by molar-refractivity contribution is 5.76. The Morgan fingerprint density at radius 3 is 2.79 bits per heavy atom. The van der Waals surface area contributed by atoms with Gasteiger partial charge < -0.3 is 9.47 Å². The molecule has 1 aromatic heterocycles. The zero-order chi connectivity index (χ0) is 14.0. The van der Waals surface area contributed by atoms with Crippen molar-refractivity contribution in [3.05, 3.63) is 29.6 Å². The van der Waals surface area contributed by atoms with Gasteiger partial charge in [-0.05, 0) is 45.6 Å². The van der Waals surface area contributed by atoms with Gasteiger partial charge in [0.05, 0.1) is 29.6 Å². The van der Waals surface area contributed by atoms with Crippen LogP contribution in [-0.4, -0.2) is 28.5 Å². The Morgan fingerprint density at radius 2 is 2.16 bits per heavy atom. The van der Waals surface area contributed by atoms with Gasteiger partial charge in [0.15, 0.2) is 0 Å². The van der Waals surface area contributed by atoms with E-state index >= 15 is 0 Å². The van der Waals surface area contributed by atoms with Crippen LogP contribution in [-0.2, 0) is 13.1 Å². The Bertz CT molecular complexity index is 619. The summed E-state index contributed by atoms with van der Waals surface area (Å²) < 4.78 is 2.17. The van der Waals surface area contributed by atoms with Crippen LogP contribution in [0.1, 0.15) is 18.3 Å². The third-order valence-corrected chi connectivity index (χ3v) is 3.12. The zero-order valence-corrected chi connectivity index (χ0v) is 12.0. The number of imidazole rings is 1. The van der Waals surface area contributed by atoms with Crippen LogP contribution >= 0.6 is 0 Å². The SMILES string of the molecule is Cc1ccc2c(c1)nc(CN(C)C)n2CC(C)C#N. The average molecular weight is 256 g/mol. The van der Waals surface area contributed by atoms with Gasteiger partial charge in [0, 0.05) is 6.54 Å². The lowest BCUT2D eigenvalue weighted by Gasteiger charge is -2.13. The van der Waals surface area contributed by atoms with E-state index in [0.29, 0.717) is 6.54 Å². The van der Waals surface area contributed by atoms with E-state index < -0.39 is 0 Å². The summed E-state index contributed by atoms with van der Waals surface area (Å²) in [5.41, 5.74) is 3.34. The van der Waals surface area contributed by atoms with Gasteiger partial charge in [-0.1, -0.05) is 6.07 Å². The number of rotatable bonds is 4. The highest BCUT2D eigenvalue weighted by atomic mass is 15.2. The monoisotopic (exact) mass is 256 g/mol. The molecule has 4 nitrogen and oxygen atoms in total. The number of aromatic nitrogens is 2. The van der Waals surface area contributed by atoms with E-state index in [0.717, 1.165) is 23.4 Å². The molecular formula is C15H20N4. The molecule has 1 atom stereocenters. The lowest BCUT2D eigenvalue weighted by Crippen LogP contribution is -2.17. The van der Waals surface area contributed by atoms with Crippen LogP contribution in [0, 0.1) is 24.2 Å². The Kier molecular flexibility index (Phi) is 3.87. The highest BCUT2D eigenvalue weighted by Gasteiger charge is 2.13. The molecule has 1 heterocycles. The van der Waals surface area contributed by atoms with Crippen molar-refractivity contribution in [2.24, 2.45) is 5.92 Å². The summed E-state index contributed by atoms with van der Waals surface area (Å²) in [5, 5.41) is 9.03. The lowest BCUT2D eigenvalue weighted by atomic mass is 10.2. The molecule has 2 rings (SSSR count). The quantitative estimate of drug-likeness (QED) is 0.844. The third kappa shape index (κ3) is 2.94. The number of nitrogens with zero attached hydrogens (tertiary/aromatic N) is 4. The normalized spacial score (nSPS) is 12.8. The van der Waals surface area contributed by atoms with Crippen molar-refractivity contribution in [1.82, 2.24) is 14.5 Å². The summed E-state index contributed by atoms with van der Waals surface area (Å²) in [5.74, 6) is 1.01. The molecule has 0 radical (unpaired) electrons. The van der Waals surface area contributed by atoms with Crippen LogP contribution < -0.4 is 0 Å². The van der Waals surface area contributed by atoms with Gasteiger partial charge in [0.2, 0.25) is 0 Å². The molecule has 1 unspecified atom stereocenters. The van der Waals surface area contributed by atoms with Crippen molar-refractivity contribution in [2.45, 2.75) is 26.9 Å². The molecule has 0 saturated carbocycles. The Labute approximate surface area is 114 Å². The van der Waals surface area contributed by atoms with Crippen molar-refractivity contribution in [1.29, 1.82) is 5.26 Å². The van der Waals surface area contributed by atoms with Crippen molar-refractivity contribution in [2.75, 3.05) is 14.1 Å². The first-order valence-electron chi connectivity index (χ1n) is 6.51. The smallest absolute Gasteiger partial charge is 0.124 e. The predicted octanol–water partition coefficient (Wildman–Crippen LogP) is 2.57. The molecule has 0 amide bonds. The van der Waals surface area contributed by atoms with Crippen LogP contribution in [0.25, 0.3) is 11.0 Å². The summed E-state index contributed by atoms with van der Waals surface area (Å²) in [6, 6.07) is 8.59. The fourth-order valence-electron chi connectivity index (χ4n) is 2.21. The molecule has 2 aromatic rings. The van der Waals surface area contributed by atoms with E-state index in [4.69, 9.17) is 10.2 Å². The van der Waals surface area contributed by atoms with Gasteiger partial charge in [-0.2, -0.15) is 5.26 Å². The second-order valence-electron chi connectivity index (χ2n) is 5.40. The summed E-state index contributed by atoms with van der Waals surface area (Å²) in [6.07, 6.45) is 0. The van der Waals surface area contributed by atoms with Crippen molar-refractivity contribution < 1.29 is 0 Å². The van der Waals surface area contributed by atoms with Crippen molar-refractivity contribution in [3.63, 3.8) is 0 Å². The molecular weight excluding hydrogens is 236 g/mol. The molecule has 19 heavy (non-hydrogen) atoms. The number of nitriles is 1. The first-order chi connectivity index (χ1) is 9.01. The summed E-state index contributed by atoms with van der Waals surface area (Å²) in [7, 11) is 4.06. The van der Waals surface area contributed by atoms with Crippen molar-refractivity contribution in [3.8, 4) is 6.07 Å². The van der Waals surface area contributed by atoms with Crippen LogP contribution in [0.2, 0.25) is 0 Å². The topological polar surface area (TPSA) is 44.9 Å². The fraction of sp³-hybridized carbons (Fsp3) is 0.467. The van der Waals surface area contributed by atoms with E-state index in [9.17, 15) is 0 Å². The molecule has 0 spiro atoms. The molecule has 100 valence electrons. The molecule has 0 bridgehead atoms. The van der Waals surface area contributed by atoms with Gasteiger partial charge in [-0.3, -0.25) is 0 Å². The van der Waals surface area contributed by atoms with Crippen LogP contribution in [0.4, 0.5) is 0 Å². The van der Waals surface area contributed by atoms with E-state index in [2.05, 4.69) is 40.7 Å². The summed E-state index contributed by atoms with van der Waals surface area (Å²) >= 11 is 0. The number of hydrogen-bond acceptors (Lipinski definition) is 3. The maximum Gasteiger partial charge on any atom is 0.124 e. The van der Waals surface area contributed by atoms with E-state index in [-0.39, 0.29) is 5.92 Å². The van der Waals surface area contributed by atoms with E-state index in [1.54, 1.807) is 0 Å². The molecule has 0 saturated heterocycles. The molecule has 1 aromatic carbocycles. The Morgan fingerprint density at radius 1 is 1.42 bits per heavy atom. The van der Waals surface area contributed by atoms with Crippen LogP contribution in [0.5, 0.6) is 0 Å². The summed E-state index contributed by atoms with van der Waals surface area (Å²) in [6.45, 7) is 5.49. The third-order valence-electron chi connectivity index (χ3n) is 3.12. The maximum absolute atomic E-state index is 9.03. The fourth-order valence-corrected chi connectivity index (χ4v) is 2.21. The number of fused-ring (bicyclic) bond motifs is 1. The zero-order valence-electron chi connectivity index (χ0n) is 12.0. The largest absolute Gasteiger partial charge is 0.326 e. The number of benzene rings is 1. The van der Waals surface area contributed by atoms with E-state index in [1.807, 2.05) is 21.0 Å².